The van der Waals surface area contributed by atoms with Crippen LogP contribution in [-0.4, -0.2) is 34.5 Å². The van der Waals surface area contributed by atoms with E-state index in [0.29, 0.717) is 23.8 Å². The quantitative estimate of drug-likeness (QED) is 0.810. The van der Waals surface area contributed by atoms with Gasteiger partial charge >= 0.3 is 5.97 Å². The molecular weight excluding hydrogens is 398 g/mol. The van der Waals surface area contributed by atoms with E-state index in [4.69, 9.17) is 0 Å². The van der Waals surface area contributed by atoms with Crippen LogP contribution in [0.2, 0.25) is 0 Å². The summed E-state index contributed by atoms with van der Waals surface area (Å²) in [5.41, 5.74) is 0. The number of nitrogens with zero attached hydrogens (tertiary/aromatic N) is 1. The van der Waals surface area contributed by atoms with Crippen molar-refractivity contribution in [1.29, 1.82) is 0 Å². The highest BCUT2D eigenvalue weighted by Gasteiger charge is 2.35. The molecule has 2 unspecified atom stereocenters. The number of amides is 1. The zero-order valence-corrected chi connectivity index (χ0v) is 14.2. The molecule has 104 valence electrons. The van der Waals surface area contributed by atoms with Gasteiger partial charge in [-0.25, -0.2) is 4.79 Å². The number of carboxylic acids is 1. The topological polar surface area (TPSA) is 57.6 Å². The molecule has 2 rings (SSSR count). The van der Waals surface area contributed by atoms with Crippen molar-refractivity contribution < 1.29 is 14.7 Å². The highest BCUT2D eigenvalue weighted by molar-refractivity contribution is 9.13. The third kappa shape index (κ3) is 3.20. The van der Waals surface area contributed by atoms with Gasteiger partial charge in [-0.3, -0.25) is 4.79 Å². The van der Waals surface area contributed by atoms with E-state index in [0.717, 1.165) is 14.7 Å². The van der Waals surface area contributed by atoms with Crippen LogP contribution < -0.4 is 0 Å². The predicted molar refractivity (Wildman–Crippen MR) is 80.6 cm³/mol. The van der Waals surface area contributed by atoms with Crippen LogP contribution in [0.5, 0.6) is 0 Å². The van der Waals surface area contributed by atoms with E-state index >= 15 is 0 Å². The average Bonchev–Trinajstić information content (AvgIpc) is 2.68. The van der Waals surface area contributed by atoms with Crippen molar-refractivity contribution in [3.8, 4) is 0 Å². The van der Waals surface area contributed by atoms with E-state index < -0.39 is 12.0 Å². The first kappa shape index (κ1) is 15.0. The first-order chi connectivity index (χ1) is 8.90. The molecule has 1 aliphatic heterocycles. The maximum atomic E-state index is 12.4. The van der Waals surface area contributed by atoms with Crippen LogP contribution >= 0.6 is 43.2 Å². The lowest BCUT2D eigenvalue weighted by atomic mass is 9.92. The first-order valence-corrected chi connectivity index (χ1v) is 8.29. The third-order valence-corrected chi connectivity index (χ3v) is 6.51. The highest BCUT2D eigenvalue weighted by Crippen LogP contribution is 2.34. The summed E-state index contributed by atoms with van der Waals surface area (Å²) in [4.78, 5) is 25.8. The predicted octanol–water partition coefficient (Wildman–Crippen LogP) is 3.60. The van der Waals surface area contributed by atoms with Gasteiger partial charge in [-0.1, -0.05) is 6.92 Å². The van der Waals surface area contributed by atoms with Crippen molar-refractivity contribution in [3.63, 3.8) is 0 Å². The van der Waals surface area contributed by atoms with E-state index in [1.807, 2.05) is 6.92 Å². The zero-order chi connectivity index (χ0) is 14.2. The van der Waals surface area contributed by atoms with E-state index in [-0.39, 0.29) is 5.91 Å². The summed E-state index contributed by atoms with van der Waals surface area (Å²) in [6.07, 6.45) is 1.37. The standard InChI is InChI=1S/C12H13Br2NO3S/c1-6-2-3-15(8(4-6)12(17)18)11(16)9-5-7(13)10(14)19-9/h5-6,8H,2-4H2,1H3,(H,17,18). The molecule has 4 nitrogen and oxygen atoms in total. The number of likely N-dealkylation sites (tertiary alicyclic amines) is 1. The molecule has 1 saturated heterocycles. The molecule has 1 fully saturated rings. The van der Waals surface area contributed by atoms with Crippen LogP contribution in [0.4, 0.5) is 0 Å². The van der Waals surface area contributed by atoms with Gasteiger partial charge < -0.3 is 10.0 Å². The fourth-order valence-electron chi connectivity index (χ4n) is 2.21. The largest absolute Gasteiger partial charge is 0.480 e. The number of halogens is 2. The van der Waals surface area contributed by atoms with Crippen LogP contribution in [0, 0.1) is 5.92 Å². The SMILES string of the molecule is CC1CCN(C(=O)c2cc(Br)c(Br)s2)C(C(=O)O)C1. The number of carbonyl (C=O) groups excluding carboxylic acids is 1. The van der Waals surface area contributed by atoms with E-state index in [1.165, 1.54) is 16.2 Å². The number of carbonyl (C=O) groups is 2. The molecule has 2 heterocycles. The van der Waals surface area contributed by atoms with E-state index in [2.05, 4.69) is 31.9 Å². The van der Waals surface area contributed by atoms with Crippen molar-refractivity contribution in [2.24, 2.45) is 5.92 Å². The monoisotopic (exact) mass is 409 g/mol. The summed E-state index contributed by atoms with van der Waals surface area (Å²) in [6.45, 7) is 2.53. The van der Waals surface area contributed by atoms with Crippen LogP contribution in [0.25, 0.3) is 0 Å². The van der Waals surface area contributed by atoms with Crippen LogP contribution in [-0.2, 0) is 4.79 Å². The molecule has 19 heavy (non-hydrogen) atoms. The van der Waals surface area contributed by atoms with Crippen molar-refractivity contribution >= 4 is 55.1 Å². The Morgan fingerprint density at radius 2 is 2.16 bits per heavy atom. The molecule has 1 aromatic heterocycles. The second kappa shape index (κ2) is 5.93. The Hall–Kier alpha value is -0.400. The Morgan fingerprint density at radius 1 is 1.47 bits per heavy atom. The Labute approximate surface area is 132 Å². The van der Waals surface area contributed by atoms with Crippen molar-refractivity contribution in [1.82, 2.24) is 4.90 Å². The minimum atomic E-state index is -0.922. The molecular formula is C12H13Br2NO3S. The van der Waals surface area contributed by atoms with Crippen molar-refractivity contribution in [3.05, 3.63) is 19.2 Å². The van der Waals surface area contributed by atoms with Gasteiger partial charge in [0.05, 0.1) is 8.66 Å². The maximum Gasteiger partial charge on any atom is 0.326 e. The zero-order valence-electron chi connectivity index (χ0n) is 10.2. The van der Waals surface area contributed by atoms with Gasteiger partial charge in [0.25, 0.3) is 5.91 Å². The molecule has 2 atom stereocenters. The molecule has 1 aliphatic rings. The summed E-state index contributed by atoms with van der Waals surface area (Å²) in [5, 5.41) is 9.27. The van der Waals surface area contributed by atoms with Crippen molar-refractivity contribution in [2.75, 3.05) is 6.54 Å². The average molecular weight is 411 g/mol. The van der Waals surface area contributed by atoms with E-state index in [1.54, 1.807) is 6.07 Å². The summed E-state index contributed by atoms with van der Waals surface area (Å²) in [6, 6.07) is 1.02. The summed E-state index contributed by atoms with van der Waals surface area (Å²) in [7, 11) is 0. The van der Waals surface area contributed by atoms with Gasteiger partial charge in [0, 0.05) is 11.0 Å². The van der Waals surface area contributed by atoms with Gasteiger partial charge in [0.2, 0.25) is 0 Å². The van der Waals surface area contributed by atoms with E-state index in [9.17, 15) is 14.7 Å². The van der Waals surface area contributed by atoms with Gasteiger partial charge in [-0.2, -0.15) is 0 Å². The second-order valence-electron chi connectivity index (χ2n) is 4.71. The smallest absolute Gasteiger partial charge is 0.326 e. The number of piperidine rings is 1. The number of carboxylic acid groups (broad SMARTS) is 1. The maximum absolute atomic E-state index is 12.4. The molecule has 0 aliphatic carbocycles. The first-order valence-electron chi connectivity index (χ1n) is 5.88. The lowest BCUT2D eigenvalue weighted by molar-refractivity contribution is -0.144. The molecule has 0 saturated carbocycles. The third-order valence-electron chi connectivity index (χ3n) is 3.27. The Morgan fingerprint density at radius 3 is 2.68 bits per heavy atom. The van der Waals surface area contributed by atoms with Gasteiger partial charge in [0.1, 0.15) is 6.04 Å². The van der Waals surface area contributed by atoms with Gasteiger partial charge in [-0.05, 0) is 56.7 Å². The number of hydrogen-bond acceptors (Lipinski definition) is 3. The lowest BCUT2D eigenvalue weighted by Gasteiger charge is -2.35. The normalized spacial score (nSPS) is 23.4. The minimum absolute atomic E-state index is 0.198. The second-order valence-corrected chi connectivity index (χ2v) is 7.94. The Kier molecular flexibility index (Phi) is 4.68. The molecule has 7 heteroatoms. The molecule has 0 spiro atoms. The van der Waals surface area contributed by atoms with Gasteiger partial charge in [-0.15, -0.1) is 11.3 Å². The summed E-state index contributed by atoms with van der Waals surface area (Å²) < 4.78 is 1.66. The van der Waals surface area contributed by atoms with Crippen LogP contribution in [0.1, 0.15) is 29.4 Å². The highest BCUT2D eigenvalue weighted by atomic mass is 79.9. The Bertz CT molecular complexity index is 498. The fraction of sp³-hybridized carbons (Fsp3) is 0.500. The number of aliphatic carboxylic acids is 1. The fourth-order valence-corrected chi connectivity index (χ4v) is 4.20. The number of hydrogen-bond donors (Lipinski definition) is 1. The molecule has 1 amide bonds. The molecule has 0 radical (unpaired) electrons. The number of rotatable bonds is 2. The summed E-state index contributed by atoms with van der Waals surface area (Å²) in [5.74, 6) is -0.780. The van der Waals surface area contributed by atoms with Crippen LogP contribution in [0.3, 0.4) is 0 Å². The Balaban J connectivity index is 2.23. The molecule has 1 aromatic rings. The number of thiophene rings is 1. The lowest BCUT2D eigenvalue weighted by Crippen LogP contribution is -2.49. The molecule has 0 aromatic carbocycles. The van der Waals surface area contributed by atoms with Crippen molar-refractivity contribution in [2.45, 2.75) is 25.8 Å². The molecule has 1 N–H and O–H groups in total. The molecule has 0 bridgehead atoms. The minimum Gasteiger partial charge on any atom is -0.480 e. The van der Waals surface area contributed by atoms with Gasteiger partial charge in [0.15, 0.2) is 0 Å². The van der Waals surface area contributed by atoms with Crippen LogP contribution in [0.15, 0.2) is 14.3 Å². The summed E-state index contributed by atoms with van der Waals surface area (Å²) >= 11 is 8.00.